The first-order chi connectivity index (χ1) is 11.7. The lowest BCUT2D eigenvalue weighted by Gasteiger charge is -2.22. The van der Waals surface area contributed by atoms with E-state index in [1.807, 2.05) is 35.0 Å². The lowest BCUT2D eigenvalue weighted by atomic mass is 10.2. The molecule has 0 saturated carbocycles. The molecule has 2 aromatic rings. The summed E-state index contributed by atoms with van der Waals surface area (Å²) < 4.78 is 0. The second-order valence-corrected chi connectivity index (χ2v) is 5.91. The highest BCUT2D eigenvalue weighted by molar-refractivity contribution is 5.93. The summed E-state index contributed by atoms with van der Waals surface area (Å²) in [5.74, 6) is 0.629. The Hall–Kier alpha value is -2.43. The molecule has 5 heteroatoms. The maximum absolute atomic E-state index is 12.5. The lowest BCUT2D eigenvalue weighted by molar-refractivity contribution is 0.0754. The fourth-order valence-electron chi connectivity index (χ4n) is 2.59. The Kier molecular flexibility index (Phi) is 6.73. The molecule has 128 valence electrons. The Morgan fingerprint density at radius 3 is 2.12 bits per heavy atom. The summed E-state index contributed by atoms with van der Waals surface area (Å²) in [6.07, 6.45) is 5.16. The summed E-state index contributed by atoms with van der Waals surface area (Å²) in [7, 11) is 1.95. The molecule has 1 amide bonds. The van der Waals surface area contributed by atoms with Crippen LogP contribution in [0.4, 0.5) is 5.95 Å². The predicted molar refractivity (Wildman–Crippen MR) is 97.1 cm³/mol. The summed E-state index contributed by atoms with van der Waals surface area (Å²) in [5.41, 5.74) is 1.74. The number of carbonyl (C=O) groups is 1. The zero-order valence-corrected chi connectivity index (χ0v) is 14.8. The summed E-state index contributed by atoms with van der Waals surface area (Å²) in [4.78, 5) is 25.1. The van der Waals surface area contributed by atoms with Crippen molar-refractivity contribution in [3.8, 4) is 0 Å². The van der Waals surface area contributed by atoms with Crippen LogP contribution in [0, 0.1) is 0 Å². The Morgan fingerprint density at radius 1 is 1.00 bits per heavy atom. The predicted octanol–water partition coefficient (Wildman–Crippen LogP) is 3.38. The topological polar surface area (TPSA) is 49.3 Å². The Labute approximate surface area is 144 Å². The number of aromatic nitrogens is 2. The van der Waals surface area contributed by atoms with Crippen molar-refractivity contribution in [2.75, 3.05) is 25.0 Å². The second-order valence-electron chi connectivity index (χ2n) is 5.91. The van der Waals surface area contributed by atoms with E-state index in [-0.39, 0.29) is 5.91 Å². The standard InChI is InChI=1S/C19H26N4O/c1-4-11-23(12-5-2)18(24)17-13-20-19(21-14-17)22(3)15-16-9-7-6-8-10-16/h6-10,13-14H,4-5,11-12,15H2,1-3H3. The number of rotatable bonds is 8. The fourth-order valence-corrected chi connectivity index (χ4v) is 2.59. The third-order valence-electron chi connectivity index (χ3n) is 3.76. The summed E-state index contributed by atoms with van der Waals surface area (Å²) in [6, 6.07) is 10.2. The maximum atomic E-state index is 12.5. The van der Waals surface area contributed by atoms with Crippen LogP contribution in [0.15, 0.2) is 42.7 Å². The highest BCUT2D eigenvalue weighted by Crippen LogP contribution is 2.11. The fraction of sp³-hybridized carbons (Fsp3) is 0.421. The summed E-state index contributed by atoms with van der Waals surface area (Å²) >= 11 is 0. The van der Waals surface area contributed by atoms with E-state index in [1.165, 1.54) is 5.56 Å². The molecule has 0 aliphatic rings. The van der Waals surface area contributed by atoms with Crippen LogP contribution < -0.4 is 4.90 Å². The number of nitrogens with zero attached hydrogens (tertiary/aromatic N) is 4. The first-order valence-corrected chi connectivity index (χ1v) is 8.52. The van der Waals surface area contributed by atoms with Crippen molar-refractivity contribution in [3.63, 3.8) is 0 Å². The van der Waals surface area contributed by atoms with Gasteiger partial charge in [0, 0.05) is 39.1 Å². The van der Waals surface area contributed by atoms with Crippen molar-refractivity contribution < 1.29 is 4.79 Å². The van der Waals surface area contributed by atoms with Crippen molar-refractivity contribution in [3.05, 3.63) is 53.9 Å². The van der Waals surface area contributed by atoms with Crippen LogP contribution in [0.3, 0.4) is 0 Å². The van der Waals surface area contributed by atoms with Crippen molar-refractivity contribution >= 4 is 11.9 Å². The van der Waals surface area contributed by atoms with Crippen molar-refractivity contribution in [1.29, 1.82) is 0 Å². The highest BCUT2D eigenvalue weighted by Gasteiger charge is 2.15. The Bertz CT molecular complexity index is 622. The summed E-state index contributed by atoms with van der Waals surface area (Å²) in [5, 5.41) is 0. The molecule has 0 radical (unpaired) electrons. The van der Waals surface area contributed by atoms with E-state index in [0.29, 0.717) is 11.5 Å². The zero-order valence-electron chi connectivity index (χ0n) is 14.8. The van der Waals surface area contributed by atoms with Gasteiger partial charge in [-0.3, -0.25) is 4.79 Å². The van der Waals surface area contributed by atoms with Gasteiger partial charge in [-0.2, -0.15) is 0 Å². The smallest absolute Gasteiger partial charge is 0.256 e. The highest BCUT2D eigenvalue weighted by atomic mass is 16.2. The Morgan fingerprint density at radius 2 is 1.58 bits per heavy atom. The van der Waals surface area contributed by atoms with Gasteiger partial charge in [0.05, 0.1) is 5.56 Å². The maximum Gasteiger partial charge on any atom is 0.256 e. The molecule has 2 rings (SSSR count). The van der Waals surface area contributed by atoms with E-state index in [0.717, 1.165) is 32.5 Å². The molecule has 0 saturated heterocycles. The van der Waals surface area contributed by atoms with Crippen LogP contribution in [0.2, 0.25) is 0 Å². The van der Waals surface area contributed by atoms with Gasteiger partial charge in [0.2, 0.25) is 5.95 Å². The molecule has 0 aliphatic heterocycles. The van der Waals surface area contributed by atoms with Crippen LogP contribution in [0.1, 0.15) is 42.6 Å². The number of amides is 1. The van der Waals surface area contributed by atoms with Crippen LogP contribution in [-0.4, -0.2) is 40.9 Å². The van der Waals surface area contributed by atoms with Crippen molar-refractivity contribution in [1.82, 2.24) is 14.9 Å². The van der Waals surface area contributed by atoms with Gasteiger partial charge in [-0.05, 0) is 18.4 Å². The average Bonchev–Trinajstić information content (AvgIpc) is 2.62. The largest absolute Gasteiger partial charge is 0.340 e. The van der Waals surface area contributed by atoms with Gasteiger partial charge in [-0.15, -0.1) is 0 Å². The molecule has 5 nitrogen and oxygen atoms in total. The first kappa shape index (κ1) is 17.9. The quantitative estimate of drug-likeness (QED) is 0.746. The monoisotopic (exact) mass is 326 g/mol. The second kappa shape index (κ2) is 9.01. The van der Waals surface area contributed by atoms with E-state index in [2.05, 4.69) is 35.9 Å². The summed E-state index contributed by atoms with van der Waals surface area (Å²) in [6.45, 7) is 6.42. The zero-order chi connectivity index (χ0) is 17.4. The SMILES string of the molecule is CCCN(CCC)C(=O)c1cnc(N(C)Cc2ccccc2)nc1. The first-order valence-electron chi connectivity index (χ1n) is 8.52. The van der Waals surface area contributed by atoms with E-state index < -0.39 is 0 Å². The molecule has 0 fully saturated rings. The van der Waals surface area contributed by atoms with E-state index in [4.69, 9.17) is 0 Å². The van der Waals surface area contributed by atoms with Gasteiger partial charge >= 0.3 is 0 Å². The molecule has 1 heterocycles. The number of hydrogen-bond donors (Lipinski definition) is 0. The van der Waals surface area contributed by atoms with E-state index >= 15 is 0 Å². The number of benzene rings is 1. The van der Waals surface area contributed by atoms with Crippen molar-refractivity contribution in [2.24, 2.45) is 0 Å². The van der Waals surface area contributed by atoms with Gasteiger partial charge in [0.15, 0.2) is 0 Å². The third kappa shape index (κ3) is 4.78. The van der Waals surface area contributed by atoms with Gasteiger partial charge in [-0.25, -0.2) is 9.97 Å². The molecule has 0 bridgehead atoms. The number of carbonyl (C=O) groups excluding carboxylic acids is 1. The van der Waals surface area contributed by atoms with Gasteiger partial charge in [0.1, 0.15) is 0 Å². The third-order valence-corrected chi connectivity index (χ3v) is 3.76. The minimum absolute atomic E-state index is 0.0102. The van der Waals surface area contributed by atoms with Crippen LogP contribution in [-0.2, 0) is 6.54 Å². The van der Waals surface area contributed by atoms with Crippen LogP contribution in [0.25, 0.3) is 0 Å². The minimum Gasteiger partial charge on any atom is -0.340 e. The molecule has 24 heavy (non-hydrogen) atoms. The molecule has 0 atom stereocenters. The minimum atomic E-state index is 0.0102. The molecule has 1 aromatic carbocycles. The molecule has 0 N–H and O–H groups in total. The lowest BCUT2D eigenvalue weighted by Crippen LogP contribution is -2.32. The van der Waals surface area contributed by atoms with Gasteiger partial charge < -0.3 is 9.80 Å². The molecule has 0 spiro atoms. The molecule has 0 unspecified atom stereocenters. The number of hydrogen-bond acceptors (Lipinski definition) is 4. The molecule has 0 aliphatic carbocycles. The van der Waals surface area contributed by atoms with Gasteiger partial charge in [-0.1, -0.05) is 44.2 Å². The molecular formula is C19H26N4O. The number of anilines is 1. The molecular weight excluding hydrogens is 300 g/mol. The van der Waals surface area contributed by atoms with Crippen LogP contribution >= 0.6 is 0 Å². The normalized spacial score (nSPS) is 10.5. The Balaban J connectivity index is 2.05. The van der Waals surface area contributed by atoms with Crippen LogP contribution in [0.5, 0.6) is 0 Å². The van der Waals surface area contributed by atoms with Gasteiger partial charge in [0.25, 0.3) is 5.91 Å². The average molecular weight is 326 g/mol. The van der Waals surface area contributed by atoms with Crippen molar-refractivity contribution in [2.45, 2.75) is 33.2 Å². The van der Waals surface area contributed by atoms with E-state index in [9.17, 15) is 4.79 Å². The molecule has 1 aromatic heterocycles. The van der Waals surface area contributed by atoms with E-state index in [1.54, 1.807) is 12.4 Å².